The van der Waals surface area contributed by atoms with Crippen LogP contribution in [-0.4, -0.2) is 23.9 Å². The molecule has 7 nitrogen and oxygen atoms in total. The van der Waals surface area contributed by atoms with E-state index in [1.54, 1.807) is 44.3 Å². The van der Waals surface area contributed by atoms with Crippen molar-refractivity contribution in [3.05, 3.63) is 81.4 Å². The molecule has 2 N–H and O–H groups in total. The first-order valence-electron chi connectivity index (χ1n) is 12.3. The highest BCUT2D eigenvalue weighted by atomic mass is 32.1. The molecule has 1 heterocycles. The van der Waals surface area contributed by atoms with Crippen LogP contribution >= 0.6 is 18.9 Å². The van der Waals surface area contributed by atoms with Gasteiger partial charge in [-0.15, -0.1) is 11.3 Å². The minimum Gasteiger partial charge on any atom is -0.294 e. The summed E-state index contributed by atoms with van der Waals surface area (Å²) < 4.78 is 38.9. The molecule has 0 aliphatic heterocycles. The first-order valence-corrected chi connectivity index (χ1v) is 14.7. The van der Waals surface area contributed by atoms with Gasteiger partial charge in [0.1, 0.15) is 10.8 Å². The standard InChI is InChI=1S/C27H33FN3O4PS/c1-5-22(36(33,34-29-6-2)35-30-7-3)17-20-13-14-23(24(28)18-20)26(32)16-15-25-19(4)37-27(31-25)21-11-9-8-10-12-21/h8-14,17-18,29-30H,5-7,15-16H2,1-4H3. The Morgan fingerprint density at radius 1 is 1.08 bits per heavy atom. The van der Waals surface area contributed by atoms with E-state index in [4.69, 9.17) is 14.2 Å². The maximum absolute atomic E-state index is 15.0. The number of nitrogens with one attached hydrogen (secondary N) is 2. The Morgan fingerprint density at radius 2 is 1.76 bits per heavy atom. The molecule has 3 aromatic rings. The molecule has 10 heteroatoms. The molecule has 0 aliphatic rings. The van der Waals surface area contributed by atoms with E-state index in [1.165, 1.54) is 12.1 Å². The number of hydroxylamine groups is 2. The molecule has 198 valence electrons. The summed E-state index contributed by atoms with van der Waals surface area (Å²) in [6.07, 6.45) is 2.50. The van der Waals surface area contributed by atoms with Crippen molar-refractivity contribution in [2.45, 2.75) is 47.0 Å². The Balaban J connectivity index is 1.74. The molecular weight excluding hydrogens is 512 g/mol. The van der Waals surface area contributed by atoms with Crippen LogP contribution in [-0.2, 0) is 20.2 Å². The number of rotatable bonds is 14. The number of aryl methyl sites for hydroxylation is 2. The largest absolute Gasteiger partial charge is 0.389 e. The lowest BCUT2D eigenvalue weighted by molar-refractivity contribution is 0.0978. The van der Waals surface area contributed by atoms with Gasteiger partial charge in [-0.3, -0.25) is 9.36 Å². The summed E-state index contributed by atoms with van der Waals surface area (Å²) in [6, 6.07) is 14.2. The van der Waals surface area contributed by atoms with E-state index < -0.39 is 13.4 Å². The molecule has 0 saturated carbocycles. The molecular formula is C27H33FN3O4PS. The summed E-state index contributed by atoms with van der Waals surface area (Å²) in [5.74, 6) is -0.932. The third-order valence-electron chi connectivity index (χ3n) is 5.50. The van der Waals surface area contributed by atoms with Crippen molar-refractivity contribution in [1.29, 1.82) is 0 Å². The van der Waals surface area contributed by atoms with Gasteiger partial charge in [0.25, 0.3) is 0 Å². The lowest BCUT2D eigenvalue weighted by Gasteiger charge is -2.20. The Labute approximate surface area is 221 Å². The third-order valence-corrected chi connectivity index (χ3v) is 8.45. The van der Waals surface area contributed by atoms with Gasteiger partial charge in [0.2, 0.25) is 0 Å². The van der Waals surface area contributed by atoms with E-state index >= 15 is 0 Å². The van der Waals surface area contributed by atoms with E-state index in [0.29, 0.717) is 36.8 Å². The second-order valence-corrected chi connectivity index (χ2v) is 11.4. The minimum atomic E-state index is -3.70. The fraction of sp³-hybridized carbons (Fsp3) is 0.333. The SMILES string of the molecule is CCNOP(=O)(ONCC)C(=Cc1ccc(C(=O)CCc2nc(-c3ccccc3)sc2C)c(F)c1)CC. The Hall–Kier alpha value is -2.52. The van der Waals surface area contributed by atoms with Crippen molar-refractivity contribution in [1.82, 2.24) is 15.9 Å². The first-order chi connectivity index (χ1) is 17.8. The van der Waals surface area contributed by atoms with Crippen LogP contribution in [0, 0.1) is 12.7 Å². The number of carbonyl (C=O) groups is 1. The van der Waals surface area contributed by atoms with Crippen molar-refractivity contribution in [2.24, 2.45) is 0 Å². The molecule has 37 heavy (non-hydrogen) atoms. The summed E-state index contributed by atoms with van der Waals surface area (Å²) in [5.41, 5.74) is 7.52. The van der Waals surface area contributed by atoms with Gasteiger partial charge in [0, 0.05) is 35.3 Å². The smallest absolute Gasteiger partial charge is 0.294 e. The van der Waals surface area contributed by atoms with Crippen molar-refractivity contribution in [3.63, 3.8) is 0 Å². The lowest BCUT2D eigenvalue weighted by atomic mass is 10.0. The summed E-state index contributed by atoms with van der Waals surface area (Å²) in [6.45, 7) is 8.24. The molecule has 0 saturated heterocycles. The van der Waals surface area contributed by atoms with E-state index in [1.807, 2.05) is 37.3 Å². The topological polar surface area (TPSA) is 89.5 Å². The van der Waals surface area contributed by atoms with Crippen LogP contribution in [0.2, 0.25) is 0 Å². The maximum atomic E-state index is 15.0. The van der Waals surface area contributed by atoms with Crippen LogP contribution in [0.25, 0.3) is 16.6 Å². The number of carbonyl (C=O) groups excluding carboxylic acids is 1. The monoisotopic (exact) mass is 545 g/mol. The predicted molar refractivity (Wildman–Crippen MR) is 147 cm³/mol. The molecule has 2 aromatic carbocycles. The van der Waals surface area contributed by atoms with Crippen LogP contribution in [0.1, 0.15) is 60.1 Å². The van der Waals surface area contributed by atoms with Gasteiger partial charge in [-0.05, 0) is 43.5 Å². The number of benzene rings is 2. The highest BCUT2D eigenvalue weighted by molar-refractivity contribution is 7.58. The number of hydrogen-bond acceptors (Lipinski definition) is 8. The number of halogens is 1. The van der Waals surface area contributed by atoms with E-state index in [2.05, 4.69) is 11.0 Å². The van der Waals surface area contributed by atoms with Crippen molar-refractivity contribution in [2.75, 3.05) is 13.1 Å². The molecule has 3 rings (SSSR count). The number of thiazole rings is 1. The van der Waals surface area contributed by atoms with Gasteiger partial charge >= 0.3 is 7.60 Å². The first kappa shape index (κ1) is 29.0. The maximum Gasteiger partial charge on any atom is 0.389 e. The zero-order chi connectivity index (χ0) is 26.8. The molecule has 0 radical (unpaired) electrons. The lowest BCUT2D eigenvalue weighted by Crippen LogP contribution is -2.19. The zero-order valence-corrected chi connectivity index (χ0v) is 23.3. The van der Waals surface area contributed by atoms with Crippen molar-refractivity contribution < 1.29 is 23.0 Å². The highest BCUT2D eigenvalue weighted by Gasteiger charge is 2.30. The van der Waals surface area contributed by atoms with Gasteiger partial charge in [-0.25, -0.2) is 18.6 Å². The number of Topliss-reactive ketones (excluding diaryl/α,β-unsaturated/α-hetero) is 1. The number of aromatic nitrogens is 1. The quantitative estimate of drug-likeness (QED) is 0.127. The van der Waals surface area contributed by atoms with Crippen LogP contribution in [0.15, 0.2) is 53.8 Å². The van der Waals surface area contributed by atoms with Crippen molar-refractivity contribution in [3.8, 4) is 10.6 Å². The molecule has 0 fully saturated rings. The average molecular weight is 546 g/mol. The van der Waals surface area contributed by atoms with E-state index in [9.17, 15) is 13.8 Å². The van der Waals surface area contributed by atoms with Gasteiger partial charge in [-0.2, -0.15) is 11.0 Å². The fourth-order valence-electron chi connectivity index (χ4n) is 3.58. The molecule has 0 atom stereocenters. The normalized spacial score (nSPS) is 12.2. The Bertz CT molecular complexity index is 1270. The van der Waals surface area contributed by atoms with Gasteiger partial charge < -0.3 is 0 Å². The number of ketones is 1. The number of hydrogen-bond donors (Lipinski definition) is 2. The number of allylic oxidation sites excluding steroid dienone is 1. The van der Waals surface area contributed by atoms with Crippen LogP contribution in [0.4, 0.5) is 4.39 Å². The second-order valence-electron chi connectivity index (χ2n) is 8.22. The molecule has 0 unspecified atom stereocenters. The molecule has 1 aromatic heterocycles. The zero-order valence-electron chi connectivity index (χ0n) is 21.5. The Morgan fingerprint density at radius 3 is 2.35 bits per heavy atom. The van der Waals surface area contributed by atoms with Crippen LogP contribution in [0.5, 0.6) is 0 Å². The average Bonchev–Trinajstić information content (AvgIpc) is 3.28. The minimum absolute atomic E-state index is 0.0161. The molecule has 0 spiro atoms. The van der Waals surface area contributed by atoms with Gasteiger partial charge in [0.15, 0.2) is 5.78 Å². The molecule has 0 amide bonds. The third kappa shape index (κ3) is 7.74. The van der Waals surface area contributed by atoms with Crippen LogP contribution in [0.3, 0.4) is 0 Å². The summed E-state index contributed by atoms with van der Waals surface area (Å²) in [7, 11) is -3.70. The second kappa shape index (κ2) is 13.9. The van der Waals surface area contributed by atoms with Gasteiger partial charge in [0.05, 0.1) is 11.3 Å². The van der Waals surface area contributed by atoms with Gasteiger partial charge in [-0.1, -0.05) is 57.2 Å². The fourth-order valence-corrected chi connectivity index (χ4v) is 6.11. The van der Waals surface area contributed by atoms with Crippen LogP contribution < -0.4 is 11.0 Å². The predicted octanol–water partition coefficient (Wildman–Crippen LogP) is 7.10. The molecule has 0 bridgehead atoms. The summed E-state index contributed by atoms with van der Waals surface area (Å²) in [4.78, 5) is 18.6. The van der Waals surface area contributed by atoms with E-state index in [0.717, 1.165) is 21.1 Å². The summed E-state index contributed by atoms with van der Waals surface area (Å²) >= 11 is 1.58. The van der Waals surface area contributed by atoms with E-state index in [-0.39, 0.29) is 17.8 Å². The van der Waals surface area contributed by atoms with Crippen molar-refractivity contribution >= 4 is 30.8 Å². The Kier molecular flexibility index (Phi) is 10.9. The highest BCUT2D eigenvalue weighted by Crippen LogP contribution is 2.56. The summed E-state index contributed by atoms with van der Waals surface area (Å²) in [5, 5.41) is 1.27. The molecule has 0 aliphatic carbocycles. The number of nitrogens with zero attached hydrogens (tertiary/aromatic N) is 1.